The fourth-order valence-corrected chi connectivity index (χ4v) is 1.61. The number of hydrogen-bond acceptors (Lipinski definition) is 4. The molecule has 1 unspecified atom stereocenters. The molecule has 0 bridgehead atoms. The second kappa shape index (κ2) is 6.76. The second-order valence-electron chi connectivity index (χ2n) is 2.39. The van der Waals surface area contributed by atoms with Crippen LogP contribution in [-0.2, 0) is 18.6 Å². The van der Waals surface area contributed by atoms with Crippen LogP contribution in [-0.4, -0.2) is 30.2 Å². The third kappa shape index (κ3) is 6.83. The molecule has 0 saturated carbocycles. The van der Waals surface area contributed by atoms with E-state index in [-0.39, 0.29) is 19.4 Å². The summed E-state index contributed by atoms with van der Waals surface area (Å²) >= 11 is 0. The number of rotatable bonds is 6. The Morgan fingerprint density at radius 3 is 2.57 bits per heavy atom. The van der Waals surface area contributed by atoms with Gasteiger partial charge in [-0.1, -0.05) is 6.08 Å². The molecule has 14 heavy (non-hydrogen) atoms. The van der Waals surface area contributed by atoms with Gasteiger partial charge in [-0.05, 0) is 13.8 Å². The van der Waals surface area contributed by atoms with Crippen molar-refractivity contribution >= 4 is 13.6 Å². The van der Waals surface area contributed by atoms with Crippen molar-refractivity contribution in [2.24, 2.45) is 0 Å². The first kappa shape index (κ1) is 13.4. The van der Waals surface area contributed by atoms with Gasteiger partial charge in [0.25, 0.3) is 0 Å². The molecule has 1 atom stereocenters. The Morgan fingerprint density at radius 2 is 2.07 bits per heavy atom. The molecule has 0 rings (SSSR count). The number of ether oxygens (including phenoxy) is 1. The lowest BCUT2D eigenvalue weighted by Gasteiger charge is -2.06. The molecule has 0 amide bonds. The van der Waals surface area contributed by atoms with Crippen LogP contribution in [0.4, 0.5) is 0 Å². The molecule has 0 radical (unpaired) electrons. The molecule has 0 spiro atoms. The Morgan fingerprint density at radius 1 is 1.43 bits per heavy atom. The molecular formula is C8H15O5P. The lowest BCUT2D eigenvalue weighted by molar-refractivity contribution is -0.137. The third-order valence-corrected chi connectivity index (χ3v) is 2.54. The number of carbonyl (C=O) groups excluding carboxylic acids is 1. The molecule has 82 valence electrons. The van der Waals surface area contributed by atoms with E-state index < -0.39 is 13.6 Å². The molecular weight excluding hydrogens is 207 g/mol. The highest BCUT2D eigenvalue weighted by molar-refractivity contribution is 7.53. The van der Waals surface area contributed by atoms with Gasteiger partial charge >= 0.3 is 13.6 Å². The van der Waals surface area contributed by atoms with E-state index in [4.69, 9.17) is 4.89 Å². The molecule has 6 heteroatoms. The van der Waals surface area contributed by atoms with Crippen molar-refractivity contribution in [1.82, 2.24) is 0 Å². The van der Waals surface area contributed by atoms with Crippen LogP contribution in [0.2, 0.25) is 0 Å². The van der Waals surface area contributed by atoms with Crippen molar-refractivity contribution in [1.29, 1.82) is 0 Å². The Balaban J connectivity index is 3.92. The predicted molar refractivity (Wildman–Crippen MR) is 52.1 cm³/mol. The first-order valence-electron chi connectivity index (χ1n) is 4.31. The smallest absolute Gasteiger partial charge is 0.331 e. The van der Waals surface area contributed by atoms with Crippen molar-refractivity contribution in [2.45, 2.75) is 13.8 Å². The van der Waals surface area contributed by atoms with Gasteiger partial charge in [0, 0.05) is 6.08 Å². The van der Waals surface area contributed by atoms with Crippen LogP contribution in [0.3, 0.4) is 0 Å². The zero-order chi connectivity index (χ0) is 11.0. The zero-order valence-electron chi connectivity index (χ0n) is 8.30. The maximum absolute atomic E-state index is 11.1. The number of carbonyl (C=O) groups is 1. The minimum Gasteiger partial charge on any atom is -0.463 e. The largest absolute Gasteiger partial charge is 0.463 e. The monoisotopic (exact) mass is 222 g/mol. The topological polar surface area (TPSA) is 72.8 Å². The fraction of sp³-hybridized carbons (Fsp3) is 0.625. The molecule has 5 nitrogen and oxygen atoms in total. The molecule has 0 aromatic rings. The van der Waals surface area contributed by atoms with Gasteiger partial charge < -0.3 is 14.2 Å². The first-order chi connectivity index (χ1) is 6.52. The standard InChI is InChI=1S/C8H15O5P/c1-3-12-8(9)6-5-7-14(10,11)13-4-2/h5-6H,3-4,7H2,1-2H3,(H,10,11)/b6-5+. The number of allylic oxidation sites excluding steroid dienone is 1. The molecule has 0 aliphatic rings. The summed E-state index contributed by atoms with van der Waals surface area (Å²) in [6.45, 7) is 3.76. The summed E-state index contributed by atoms with van der Waals surface area (Å²) < 4.78 is 20.2. The van der Waals surface area contributed by atoms with Gasteiger partial charge in [-0.2, -0.15) is 0 Å². The second-order valence-corrected chi connectivity index (χ2v) is 4.29. The van der Waals surface area contributed by atoms with Crippen molar-refractivity contribution in [3.63, 3.8) is 0 Å². The first-order valence-corrected chi connectivity index (χ1v) is 6.07. The van der Waals surface area contributed by atoms with Gasteiger partial charge in [0.15, 0.2) is 0 Å². The summed E-state index contributed by atoms with van der Waals surface area (Å²) in [6.07, 6.45) is 2.21. The van der Waals surface area contributed by atoms with Crippen LogP contribution >= 0.6 is 7.60 Å². The van der Waals surface area contributed by atoms with Crippen LogP contribution in [0, 0.1) is 0 Å². The summed E-state index contributed by atoms with van der Waals surface area (Å²) in [4.78, 5) is 19.9. The average molecular weight is 222 g/mol. The van der Waals surface area contributed by atoms with E-state index in [9.17, 15) is 9.36 Å². The Bertz CT molecular complexity index is 248. The van der Waals surface area contributed by atoms with Gasteiger partial charge in [0.2, 0.25) is 0 Å². The molecule has 0 aliphatic carbocycles. The van der Waals surface area contributed by atoms with E-state index in [1.54, 1.807) is 13.8 Å². The SMILES string of the molecule is CCOC(=O)/C=C/CP(=O)(O)OCC. The van der Waals surface area contributed by atoms with E-state index in [0.717, 1.165) is 6.08 Å². The maximum Gasteiger partial charge on any atom is 0.331 e. The fourth-order valence-electron chi connectivity index (χ4n) is 0.727. The molecule has 0 aromatic carbocycles. The van der Waals surface area contributed by atoms with Crippen LogP contribution in [0.5, 0.6) is 0 Å². The summed E-state index contributed by atoms with van der Waals surface area (Å²) in [5, 5.41) is 0. The summed E-state index contributed by atoms with van der Waals surface area (Å²) in [6, 6.07) is 0. The Kier molecular flexibility index (Phi) is 6.45. The lowest BCUT2D eigenvalue weighted by atomic mass is 10.5. The van der Waals surface area contributed by atoms with Crippen molar-refractivity contribution in [2.75, 3.05) is 19.4 Å². The Labute approximate surface area is 83.3 Å². The van der Waals surface area contributed by atoms with Gasteiger partial charge in [-0.3, -0.25) is 4.57 Å². The minimum absolute atomic E-state index is 0.168. The van der Waals surface area contributed by atoms with Gasteiger partial charge in [0.1, 0.15) is 0 Å². The predicted octanol–water partition coefficient (Wildman–Crippen LogP) is 1.33. The minimum atomic E-state index is -3.56. The molecule has 0 aliphatic heterocycles. The highest BCUT2D eigenvalue weighted by Gasteiger charge is 2.15. The van der Waals surface area contributed by atoms with Gasteiger partial charge in [-0.25, -0.2) is 4.79 Å². The zero-order valence-corrected chi connectivity index (χ0v) is 9.20. The van der Waals surface area contributed by atoms with Crippen LogP contribution < -0.4 is 0 Å². The molecule has 0 heterocycles. The van der Waals surface area contributed by atoms with E-state index in [1.165, 1.54) is 6.08 Å². The van der Waals surface area contributed by atoms with Crippen molar-refractivity contribution in [3.05, 3.63) is 12.2 Å². The summed E-state index contributed by atoms with van der Waals surface area (Å²) in [5.41, 5.74) is 0. The van der Waals surface area contributed by atoms with Crippen molar-refractivity contribution in [3.8, 4) is 0 Å². The summed E-state index contributed by atoms with van der Waals surface area (Å²) in [5.74, 6) is -0.524. The van der Waals surface area contributed by atoms with E-state index in [2.05, 4.69) is 9.26 Å². The highest BCUT2D eigenvalue weighted by atomic mass is 31.2. The Hall–Kier alpha value is -0.640. The van der Waals surface area contributed by atoms with E-state index >= 15 is 0 Å². The molecule has 0 aromatic heterocycles. The van der Waals surface area contributed by atoms with Gasteiger partial charge in [-0.15, -0.1) is 0 Å². The van der Waals surface area contributed by atoms with E-state index in [0.29, 0.717) is 0 Å². The van der Waals surface area contributed by atoms with Crippen LogP contribution in [0.1, 0.15) is 13.8 Å². The number of esters is 1. The average Bonchev–Trinajstić information content (AvgIpc) is 2.03. The van der Waals surface area contributed by atoms with Crippen LogP contribution in [0.25, 0.3) is 0 Å². The third-order valence-electron chi connectivity index (χ3n) is 1.21. The summed E-state index contributed by atoms with van der Waals surface area (Å²) in [7, 11) is -3.56. The van der Waals surface area contributed by atoms with Crippen molar-refractivity contribution < 1.29 is 23.5 Å². The molecule has 0 saturated heterocycles. The molecule has 0 fully saturated rings. The quantitative estimate of drug-likeness (QED) is 0.417. The van der Waals surface area contributed by atoms with E-state index in [1.807, 2.05) is 0 Å². The lowest BCUT2D eigenvalue weighted by Crippen LogP contribution is -1.99. The maximum atomic E-state index is 11.1. The molecule has 1 N–H and O–H groups in total. The van der Waals surface area contributed by atoms with Gasteiger partial charge in [0.05, 0.1) is 19.4 Å². The number of hydrogen-bond donors (Lipinski definition) is 1. The normalized spacial score (nSPS) is 15.4. The highest BCUT2D eigenvalue weighted by Crippen LogP contribution is 2.41. The van der Waals surface area contributed by atoms with Crippen LogP contribution in [0.15, 0.2) is 12.2 Å².